The minimum Gasteiger partial charge on any atom is -0.378 e. The molecule has 2 aliphatic rings. The first-order valence-electron chi connectivity index (χ1n) is 8.24. The van der Waals surface area contributed by atoms with Crippen molar-refractivity contribution in [2.75, 3.05) is 26.2 Å². The van der Waals surface area contributed by atoms with Crippen molar-refractivity contribution in [2.24, 2.45) is 28.5 Å². The predicted octanol–water partition coefficient (Wildman–Crippen LogP) is 2.48. The lowest BCUT2D eigenvalue weighted by atomic mass is 9.87. The van der Waals surface area contributed by atoms with Gasteiger partial charge in [0.15, 0.2) is 5.96 Å². The minimum atomic E-state index is 0.349. The van der Waals surface area contributed by atoms with Gasteiger partial charge in [-0.1, -0.05) is 20.8 Å². The van der Waals surface area contributed by atoms with Gasteiger partial charge < -0.3 is 15.4 Å². The average molecular weight is 281 g/mol. The highest BCUT2D eigenvalue weighted by Crippen LogP contribution is 2.26. The van der Waals surface area contributed by atoms with E-state index in [1.807, 2.05) is 0 Å². The summed E-state index contributed by atoms with van der Waals surface area (Å²) in [5.41, 5.74) is 6.17. The highest BCUT2D eigenvalue weighted by atomic mass is 16.5. The monoisotopic (exact) mass is 281 g/mol. The zero-order valence-corrected chi connectivity index (χ0v) is 13.3. The van der Waals surface area contributed by atoms with Crippen LogP contribution in [-0.4, -0.2) is 43.2 Å². The van der Waals surface area contributed by atoms with E-state index in [0.717, 1.165) is 44.5 Å². The van der Waals surface area contributed by atoms with E-state index >= 15 is 0 Å². The molecule has 0 saturated carbocycles. The van der Waals surface area contributed by atoms with Gasteiger partial charge in [0, 0.05) is 32.2 Å². The maximum atomic E-state index is 6.17. The fraction of sp³-hybridized carbons (Fsp3) is 0.938. The van der Waals surface area contributed by atoms with Crippen molar-refractivity contribution < 1.29 is 4.74 Å². The second-order valence-corrected chi connectivity index (χ2v) is 6.85. The van der Waals surface area contributed by atoms with Crippen LogP contribution in [0.1, 0.15) is 46.5 Å². The molecule has 2 aliphatic heterocycles. The van der Waals surface area contributed by atoms with Crippen LogP contribution in [0.4, 0.5) is 0 Å². The average Bonchev–Trinajstić information content (AvgIpc) is 2.45. The summed E-state index contributed by atoms with van der Waals surface area (Å²) >= 11 is 0. The van der Waals surface area contributed by atoms with Crippen molar-refractivity contribution in [3.05, 3.63) is 0 Å². The van der Waals surface area contributed by atoms with E-state index in [1.54, 1.807) is 0 Å². The van der Waals surface area contributed by atoms with Crippen LogP contribution < -0.4 is 5.73 Å². The maximum Gasteiger partial charge on any atom is 0.191 e. The van der Waals surface area contributed by atoms with E-state index in [2.05, 4.69) is 30.7 Å². The van der Waals surface area contributed by atoms with Crippen molar-refractivity contribution in [3.63, 3.8) is 0 Å². The van der Waals surface area contributed by atoms with Crippen LogP contribution in [0.15, 0.2) is 4.99 Å². The van der Waals surface area contributed by atoms with Crippen molar-refractivity contribution in [1.29, 1.82) is 0 Å². The molecule has 4 heteroatoms. The number of piperidine rings is 1. The Morgan fingerprint density at radius 2 is 2.00 bits per heavy atom. The third-order valence-corrected chi connectivity index (χ3v) is 4.75. The summed E-state index contributed by atoms with van der Waals surface area (Å²) in [6, 6.07) is 0. The number of hydrogen-bond donors (Lipinski definition) is 1. The highest BCUT2D eigenvalue weighted by Gasteiger charge is 2.28. The molecule has 2 unspecified atom stereocenters. The number of aliphatic imine (C=N–C) groups is 1. The first-order valence-corrected chi connectivity index (χ1v) is 8.24. The van der Waals surface area contributed by atoms with Crippen LogP contribution in [0.25, 0.3) is 0 Å². The van der Waals surface area contributed by atoms with Crippen molar-refractivity contribution in [3.8, 4) is 0 Å². The van der Waals surface area contributed by atoms with Crippen LogP contribution in [-0.2, 0) is 4.74 Å². The van der Waals surface area contributed by atoms with Crippen molar-refractivity contribution >= 4 is 5.96 Å². The molecule has 2 saturated heterocycles. The molecule has 0 aliphatic carbocycles. The van der Waals surface area contributed by atoms with Gasteiger partial charge in [-0.05, 0) is 37.5 Å². The molecule has 0 spiro atoms. The maximum absolute atomic E-state index is 6.17. The number of nitrogens with two attached hydrogens (primary N) is 1. The normalized spacial score (nSPS) is 30.0. The molecule has 0 radical (unpaired) electrons. The number of rotatable bonds is 3. The van der Waals surface area contributed by atoms with Gasteiger partial charge >= 0.3 is 0 Å². The Kier molecular flexibility index (Phi) is 5.70. The largest absolute Gasteiger partial charge is 0.378 e. The zero-order chi connectivity index (χ0) is 14.5. The van der Waals surface area contributed by atoms with Gasteiger partial charge in [-0.25, -0.2) is 0 Å². The number of guanidine groups is 1. The molecule has 0 aromatic rings. The molecule has 2 heterocycles. The van der Waals surface area contributed by atoms with Gasteiger partial charge in [-0.15, -0.1) is 0 Å². The summed E-state index contributed by atoms with van der Waals surface area (Å²) in [4.78, 5) is 6.91. The summed E-state index contributed by atoms with van der Waals surface area (Å²) < 4.78 is 5.92. The summed E-state index contributed by atoms with van der Waals surface area (Å²) in [5.74, 6) is 2.67. The minimum absolute atomic E-state index is 0.349. The zero-order valence-electron chi connectivity index (χ0n) is 13.3. The van der Waals surface area contributed by atoms with E-state index < -0.39 is 0 Å². The fourth-order valence-corrected chi connectivity index (χ4v) is 3.35. The van der Waals surface area contributed by atoms with Crippen LogP contribution in [0.5, 0.6) is 0 Å². The Bertz CT molecular complexity index is 322. The smallest absolute Gasteiger partial charge is 0.191 e. The van der Waals surface area contributed by atoms with Gasteiger partial charge in [0.2, 0.25) is 0 Å². The molecule has 0 bridgehead atoms. The topological polar surface area (TPSA) is 50.8 Å². The second-order valence-electron chi connectivity index (χ2n) is 6.85. The molecule has 2 fully saturated rings. The van der Waals surface area contributed by atoms with Crippen LogP contribution >= 0.6 is 0 Å². The van der Waals surface area contributed by atoms with Gasteiger partial charge in [-0.3, -0.25) is 4.99 Å². The van der Waals surface area contributed by atoms with Crippen LogP contribution in [0, 0.1) is 17.8 Å². The molecule has 4 nitrogen and oxygen atoms in total. The molecule has 2 atom stereocenters. The first kappa shape index (κ1) is 15.6. The molecule has 0 aromatic carbocycles. The third-order valence-electron chi connectivity index (χ3n) is 4.75. The molecular formula is C16H31N3O. The lowest BCUT2D eigenvalue weighted by molar-refractivity contribution is -0.0491. The molecule has 116 valence electrons. The van der Waals surface area contributed by atoms with Crippen LogP contribution in [0.2, 0.25) is 0 Å². The lowest BCUT2D eigenvalue weighted by Crippen LogP contribution is -2.43. The summed E-state index contributed by atoms with van der Waals surface area (Å²) in [6.45, 7) is 10.6. The summed E-state index contributed by atoms with van der Waals surface area (Å²) in [7, 11) is 0. The molecule has 2 N–H and O–H groups in total. The molecule has 0 aromatic heterocycles. The first-order chi connectivity index (χ1) is 9.58. The Morgan fingerprint density at radius 3 is 2.65 bits per heavy atom. The van der Waals surface area contributed by atoms with E-state index in [0.29, 0.717) is 17.9 Å². The number of likely N-dealkylation sites (tertiary alicyclic amines) is 1. The van der Waals surface area contributed by atoms with E-state index in [-0.39, 0.29) is 0 Å². The van der Waals surface area contributed by atoms with Gasteiger partial charge in [0.05, 0.1) is 6.10 Å². The number of ether oxygens (including phenoxy) is 1. The van der Waals surface area contributed by atoms with Crippen molar-refractivity contribution in [1.82, 2.24) is 4.90 Å². The van der Waals surface area contributed by atoms with Gasteiger partial charge in [-0.2, -0.15) is 0 Å². The highest BCUT2D eigenvalue weighted by molar-refractivity contribution is 5.78. The quantitative estimate of drug-likeness (QED) is 0.639. The Labute approximate surface area is 123 Å². The number of hydrogen-bond acceptors (Lipinski definition) is 2. The molecular weight excluding hydrogens is 250 g/mol. The SMILES string of the molecule is CC1CCN(C(N)=NCC2CCCOC2C(C)C)CC1. The summed E-state index contributed by atoms with van der Waals surface area (Å²) in [6.07, 6.45) is 5.19. The fourth-order valence-electron chi connectivity index (χ4n) is 3.35. The Balaban J connectivity index is 1.86. The van der Waals surface area contributed by atoms with E-state index in [1.165, 1.54) is 19.3 Å². The van der Waals surface area contributed by atoms with Crippen LogP contribution in [0.3, 0.4) is 0 Å². The second kappa shape index (κ2) is 7.30. The standard InChI is InChI=1S/C16H31N3O/c1-12(2)15-14(5-4-10-20-15)11-18-16(17)19-8-6-13(3)7-9-19/h12-15H,4-11H2,1-3H3,(H2,17,18). The van der Waals surface area contributed by atoms with E-state index in [9.17, 15) is 0 Å². The van der Waals surface area contributed by atoms with E-state index in [4.69, 9.17) is 10.5 Å². The Hall–Kier alpha value is -0.770. The molecule has 0 amide bonds. The lowest BCUT2D eigenvalue weighted by Gasteiger charge is -2.34. The third kappa shape index (κ3) is 4.11. The van der Waals surface area contributed by atoms with Crippen molar-refractivity contribution in [2.45, 2.75) is 52.6 Å². The van der Waals surface area contributed by atoms with Gasteiger partial charge in [0.25, 0.3) is 0 Å². The summed E-state index contributed by atoms with van der Waals surface area (Å²) in [5, 5.41) is 0. The van der Waals surface area contributed by atoms with Gasteiger partial charge in [0.1, 0.15) is 0 Å². The Morgan fingerprint density at radius 1 is 1.30 bits per heavy atom. The molecule has 2 rings (SSSR count). The predicted molar refractivity (Wildman–Crippen MR) is 83.8 cm³/mol. The number of nitrogens with zero attached hydrogens (tertiary/aromatic N) is 2. The molecule has 20 heavy (non-hydrogen) atoms.